The summed E-state index contributed by atoms with van der Waals surface area (Å²) >= 11 is 0. The molecule has 136 valence electrons. The number of hydrazone groups is 1. The molecular formula is C13H14N8O5. The second kappa shape index (κ2) is 5.87. The molecule has 0 bridgehead atoms. The quantitative estimate of drug-likeness (QED) is 0.294. The fraction of sp³-hybridized carbons (Fsp3) is 0.231. The molecule has 0 aliphatic rings. The molecule has 0 saturated heterocycles. The minimum Gasteiger partial charge on any atom is -0.494 e. The lowest BCUT2D eigenvalue weighted by Gasteiger charge is -2.03. The highest BCUT2D eigenvalue weighted by molar-refractivity contribution is 5.82. The topological polar surface area (TPSA) is 172 Å². The molecule has 4 N–H and O–H groups in total. The summed E-state index contributed by atoms with van der Waals surface area (Å²) in [5.41, 5.74) is -0.173. The van der Waals surface area contributed by atoms with E-state index < -0.39 is 28.4 Å². The van der Waals surface area contributed by atoms with Crippen molar-refractivity contribution in [2.24, 2.45) is 26.2 Å². The predicted octanol–water partition coefficient (Wildman–Crippen LogP) is -2.50. The standard InChI is InChI=1S/C13H14N8O5/c1-19-6-7(20(2)13(26)21(3)10(6)24)15-11(19)18-14-4-5-8(22)16-12(25)17-9(5)23/h4H,1-3H3,(H,15,18)(H3,16,17,22,23,25). The van der Waals surface area contributed by atoms with Crippen molar-refractivity contribution in [1.29, 1.82) is 0 Å². The van der Waals surface area contributed by atoms with Crippen LogP contribution in [0, 0.1) is 0 Å². The Labute approximate surface area is 142 Å². The van der Waals surface area contributed by atoms with Gasteiger partial charge in [-0.2, -0.15) is 10.1 Å². The summed E-state index contributed by atoms with van der Waals surface area (Å²) in [6.07, 6.45) is 0.973. The highest BCUT2D eigenvalue weighted by Gasteiger charge is 2.16. The maximum atomic E-state index is 12.3. The molecule has 0 aromatic carbocycles. The van der Waals surface area contributed by atoms with Gasteiger partial charge in [-0.25, -0.2) is 15.0 Å². The minimum atomic E-state index is -0.857. The van der Waals surface area contributed by atoms with Crippen molar-refractivity contribution in [3.8, 4) is 5.88 Å². The van der Waals surface area contributed by atoms with Crippen LogP contribution in [0.4, 0.5) is 5.95 Å². The molecule has 0 atom stereocenters. The summed E-state index contributed by atoms with van der Waals surface area (Å²) in [7, 11) is 4.37. The molecule has 0 aliphatic heterocycles. The van der Waals surface area contributed by atoms with Gasteiger partial charge >= 0.3 is 11.4 Å². The van der Waals surface area contributed by atoms with Crippen molar-refractivity contribution in [3.05, 3.63) is 47.2 Å². The molecule has 3 aromatic rings. The van der Waals surface area contributed by atoms with Gasteiger partial charge in [-0.3, -0.25) is 28.7 Å². The van der Waals surface area contributed by atoms with Crippen LogP contribution in [0.5, 0.6) is 5.88 Å². The molecule has 0 saturated carbocycles. The van der Waals surface area contributed by atoms with Crippen LogP contribution in [-0.4, -0.2) is 40.0 Å². The molecule has 3 rings (SSSR count). The van der Waals surface area contributed by atoms with Gasteiger partial charge in [0.2, 0.25) is 11.8 Å². The summed E-state index contributed by atoms with van der Waals surface area (Å²) < 4.78 is 3.56. The summed E-state index contributed by atoms with van der Waals surface area (Å²) in [5, 5.41) is 13.3. The molecule has 26 heavy (non-hydrogen) atoms. The summed E-state index contributed by atoms with van der Waals surface area (Å²) in [6.45, 7) is 0. The van der Waals surface area contributed by atoms with Crippen LogP contribution >= 0.6 is 0 Å². The maximum absolute atomic E-state index is 12.3. The van der Waals surface area contributed by atoms with Gasteiger partial charge in [0.15, 0.2) is 11.2 Å². The Morgan fingerprint density at radius 2 is 1.77 bits per heavy atom. The van der Waals surface area contributed by atoms with Gasteiger partial charge in [0.25, 0.3) is 11.1 Å². The highest BCUT2D eigenvalue weighted by Crippen LogP contribution is 2.13. The lowest BCUT2D eigenvalue weighted by atomic mass is 10.3. The Morgan fingerprint density at radius 1 is 1.08 bits per heavy atom. The number of aryl methyl sites for hydroxylation is 2. The lowest BCUT2D eigenvalue weighted by molar-refractivity contribution is 0.447. The van der Waals surface area contributed by atoms with Gasteiger partial charge in [-0.15, -0.1) is 0 Å². The number of imidazole rings is 1. The van der Waals surface area contributed by atoms with Crippen molar-refractivity contribution in [1.82, 2.24) is 28.7 Å². The smallest absolute Gasteiger partial charge is 0.332 e. The van der Waals surface area contributed by atoms with E-state index in [9.17, 15) is 24.3 Å². The SMILES string of the molecule is Cn1c(=O)c2c(nc(NN=Cc3c(O)[nH]c(=O)[nH]c3=O)n2C)n(C)c1=O. The summed E-state index contributed by atoms with van der Waals surface area (Å²) in [5.74, 6) is -0.527. The van der Waals surface area contributed by atoms with Gasteiger partial charge in [-0.05, 0) is 0 Å². The van der Waals surface area contributed by atoms with Crippen molar-refractivity contribution in [3.63, 3.8) is 0 Å². The predicted molar refractivity (Wildman–Crippen MR) is 91.8 cm³/mol. The summed E-state index contributed by atoms with van der Waals surface area (Å²) in [4.78, 5) is 55.0. The van der Waals surface area contributed by atoms with E-state index in [1.165, 1.54) is 23.2 Å². The first-order valence-corrected chi connectivity index (χ1v) is 7.19. The normalized spacial score (nSPS) is 11.5. The Morgan fingerprint density at radius 3 is 2.42 bits per heavy atom. The van der Waals surface area contributed by atoms with Crippen LogP contribution in [0.15, 0.2) is 24.3 Å². The van der Waals surface area contributed by atoms with Crippen LogP contribution in [0.1, 0.15) is 5.56 Å². The van der Waals surface area contributed by atoms with E-state index in [4.69, 9.17) is 0 Å². The first kappa shape index (κ1) is 16.9. The molecule has 0 radical (unpaired) electrons. The Hall–Kier alpha value is -3.90. The van der Waals surface area contributed by atoms with E-state index in [2.05, 4.69) is 15.5 Å². The third-order valence-corrected chi connectivity index (χ3v) is 3.79. The number of rotatable bonds is 3. The number of aromatic nitrogens is 6. The monoisotopic (exact) mass is 362 g/mol. The number of fused-ring (bicyclic) bond motifs is 1. The number of nitrogens with zero attached hydrogens (tertiary/aromatic N) is 5. The number of aromatic hydroxyl groups is 1. The maximum Gasteiger partial charge on any atom is 0.332 e. The first-order valence-electron chi connectivity index (χ1n) is 7.19. The van der Waals surface area contributed by atoms with Gasteiger partial charge in [0, 0.05) is 21.1 Å². The lowest BCUT2D eigenvalue weighted by Crippen LogP contribution is -2.37. The average Bonchev–Trinajstić information content (AvgIpc) is 2.90. The zero-order valence-corrected chi connectivity index (χ0v) is 13.9. The van der Waals surface area contributed by atoms with Crippen molar-refractivity contribution >= 4 is 23.3 Å². The number of nitrogens with one attached hydrogen (secondary N) is 3. The molecule has 0 spiro atoms. The van der Waals surface area contributed by atoms with E-state index in [0.29, 0.717) is 0 Å². The van der Waals surface area contributed by atoms with E-state index in [-0.39, 0.29) is 22.7 Å². The van der Waals surface area contributed by atoms with E-state index in [1.54, 1.807) is 7.05 Å². The van der Waals surface area contributed by atoms with Crippen LogP contribution in [-0.2, 0) is 21.1 Å². The fourth-order valence-corrected chi connectivity index (χ4v) is 2.38. The number of hydrogen-bond donors (Lipinski definition) is 4. The molecule has 13 heteroatoms. The molecular weight excluding hydrogens is 348 g/mol. The van der Waals surface area contributed by atoms with Gasteiger partial charge in [0.1, 0.15) is 5.56 Å². The second-order valence-electron chi connectivity index (χ2n) is 5.41. The minimum absolute atomic E-state index is 0.120. The van der Waals surface area contributed by atoms with Crippen molar-refractivity contribution in [2.45, 2.75) is 0 Å². The third-order valence-electron chi connectivity index (χ3n) is 3.79. The van der Waals surface area contributed by atoms with Gasteiger partial charge in [0.05, 0.1) is 6.21 Å². The molecule has 13 nitrogen and oxygen atoms in total. The zero-order chi connectivity index (χ0) is 19.2. The second-order valence-corrected chi connectivity index (χ2v) is 5.41. The largest absolute Gasteiger partial charge is 0.494 e. The van der Waals surface area contributed by atoms with Crippen LogP contribution < -0.4 is 27.9 Å². The molecule has 0 fully saturated rings. The third kappa shape index (κ3) is 2.51. The Bertz CT molecular complexity index is 1290. The number of aromatic amines is 2. The molecule has 3 aromatic heterocycles. The first-order chi connectivity index (χ1) is 12.2. The van der Waals surface area contributed by atoms with Crippen LogP contribution in [0.25, 0.3) is 11.2 Å². The highest BCUT2D eigenvalue weighted by atomic mass is 16.3. The summed E-state index contributed by atoms with van der Waals surface area (Å²) in [6, 6.07) is 0. The Kier molecular flexibility index (Phi) is 3.83. The van der Waals surface area contributed by atoms with Crippen LogP contribution in [0.3, 0.4) is 0 Å². The number of hydrogen-bond acceptors (Lipinski definition) is 8. The van der Waals surface area contributed by atoms with E-state index in [1.807, 2.05) is 9.97 Å². The van der Waals surface area contributed by atoms with Crippen molar-refractivity contribution in [2.75, 3.05) is 5.43 Å². The molecule has 0 amide bonds. The zero-order valence-electron chi connectivity index (χ0n) is 13.9. The number of anilines is 1. The fourth-order valence-electron chi connectivity index (χ4n) is 2.38. The van der Waals surface area contributed by atoms with Gasteiger partial charge < -0.3 is 9.67 Å². The Balaban J connectivity index is 2.05. The van der Waals surface area contributed by atoms with Gasteiger partial charge in [-0.1, -0.05) is 0 Å². The molecule has 3 heterocycles. The van der Waals surface area contributed by atoms with E-state index in [0.717, 1.165) is 10.8 Å². The van der Waals surface area contributed by atoms with Crippen LogP contribution in [0.2, 0.25) is 0 Å². The molecule has 0 unspecified atom stereocenters. The van der Waals surface area contributed by atoms with Crippen molar-refractivity contribution < 1.29 is 5.11 Å². The van der Waals surface area contributed by atoms with E-state index >= 15 is 0 Å². The average molecular weight is 362 g/mol. The molecule has 0 aliphatic carbocycles. The number of H-pyrrole nitrogens is 2.